The Morgan fingerprint density at radius 2 is 1.62 bits per heavy atom. The SMILES string of the molecule is [NH-]c1[c-]cc([NH-])c[c-]1. The molecule has 2 N–H and O–H groups in total. The predicted molar refractivity (Wildman–Crippen MR) is 32.1 cm³/mol. The molecule has 0 unspecified atom stereocenters. The highest BCUT2D eigenvalue weighted by molar-refractivity contribution is 5.50. The van der Waals surface area contributed by atoms with E-state index in [1.807, 2.05) is 0 Å². The second-order valence-electron chi connectivity index (χ2n) is 1.41. The third-order valence-electron chi connectivity index (χ3n) is 0.744. The Morgan fingerprint density at radius 1 is 1.12 bits per heavy atom. The van der Waals surface area contributed by atoms with Crippen LogP contribution in [0.3, 0.4) is 0 Å². The van der Waals surface area contributed by atoms with Crippen LogP contribution in [0, 0.1) is 12.1 Å². The zero-order chi connectivity index (χ0) is 5.98. The van der Waals surface area contributed by atoms with Gasteiger partial charge in [-0.2, -0.15) is 0 Å². The van der Waals surface area contributed by atoms with E-state index in [1.165, 1.54) is 12.1 Å². The minimum Gasteiger partial charge on any atom is -0.813 e. The fraction of sp³-hybridized carbons (Fsp3) is 0. The van der Waals surface area contributed by atoms with Gasteiger partial charge >= 0.3 is 0 Å². The molecule has 0 saturated heterocycles. The van der Waals surface area contributed by atoms with E-state index in [1.54, 1.807) is 0 Å². The Labute approximate surface area is 48.1 Å². The van der Waals surface area contributed by atoms with Gasteiger partial charge in [0.25, 0.3) is 0 Å². The van der Waals surface area contributed by atoms with E-state index in [9.17, 15) is 0 Å². The molecule has 0 atom stereocenters. The van der Waals surface area contributed by atoms with Crippen molar-refractivity contribution in [1.82, 2.24) is 0 Å². The first-order valence-corrected chi connectivity index (χ1v) is 2.15. The fourth-order valence-electron chi connectivity index (χ4n) is 0.383. The summed E-state index contributed by atoms with van der Waals surface area (Å²) in [7, 11) is 0. The lowest BCUT2D eigenvalue weighted by atomic mass is 10.3. The molecule has 1 rings (SSSR count). The zero-order valence-corrected chi connectivity index (χ0v) is 4.15. The number of benzene rings is 1. The lowest BCUT2D eigenvalue weighted by Crippen LogP contribution is -1.58. The molecule has 2 heteroatoms. The first-order chi connectivity index (χ1) is 3.79. The molecule has 8 heavy (non-hydrogen) atoms. The summed E-state index contributed by atoms with van der Waals surface area (Å²) in [4.78, 5) is 0. The first kappa shape index (κ1) is 4.97. The van der Waals surface area contributed by atoms with Gasteiger partial charge in [0.15, 0.2) is 0 Å². The summed E-state index contributed by atoms with van der Waals surface area (Å²) >= 11 is 0. The monoisotopic (exact) mass is 104 g/mol. The van der Waals surface area contributed by atoms with Crippen molar-refractivity contribution in [2.75, 3.05) is 0 Å². The van der Waals surface area contributed by atoms with Crippen LogP contribution in [-0.4, -0.2) is 0 Å². The van der Waals surface area contributed by atoms with Crippen molar-refractivity contribution in [3.8, 4) is 0 Å². The maximum Gasteiger partial charge on any atom is -0.317 e. The van der Waals surface area contributed by atoms with E-state index in [0.717, 1.165) is 0 Å². The molecule has 0 spiro atoms. The average molecular weight is 104 g/mol. The molecule has 0 aromatic heterocycles. The first-order valence-electron chi connectivity index (χ1n) is 2.15. The summed E-state index contributed by atoms with van der Waals surface area (Å²) in [6.07, 6.45) is 0. The van der Waals surface area contributed by atoms with Crippen molar-refractivity contribution in [2.45, 2.75) is 0 Å². The highest BCUT2D eigenvalue weighted by atomic mass is 14.6. The largest absolute Gasteiger partial charge is 0.813 e. The molecule has 0 radical (unpaired) electrons. The van der Waals surface area contributed by atoms with Gasteiger partial charge < -0.3 is 47.1 Å². The van der Waals surface area contributed by atoms with Crippen molar-refractivity contribution in [3.63, 3.8) is 0 Å². The molecule has 0 saturated carbocycles. The average Bonchev–Trinajstić information content (AvgIpc) is 1.77. The molecule has 0 aliphatic carbocycles. The van der Waals surface area contributed by atoms with Crippen molar-refractivity contribution >= 4 is 11.4 Å². The normalized spacial score (nSPS) is 9.00. The molecule has 1 aromatic rings. The molecule has 42 valence electrons. The van der Waals surface area contributed by atoms with Crippen molar-refractivity contribution in [2.24, 2.45) is 0 Å². The van der Waals surface area contributed by atoms with E-state index < -0.39 is 0 Å². The highest BCUT2D eigenvalue weighted by Crippen LogP contribution is 2.13. The summed E-state index contributed by atoms with van der Waals surface area (Å²) in [5, 5.41) is 0. The van der Waals surface area contributed by atoms with E-state index in [2.05, 4.69) is 12.1 Å². The van der Waals surface area contributed by atoms with Crippen molar-refractivity contribution in [3.05, 3.63) is 35.7 Å². The lowest BCUT2D eigenvalue weighted by Gasteiger charge is -2.27. The summed E-state index contributed by atoms with van der Waals surface area (Å²) in [6, 6.07) is 7.93. The molecule has 0 heterocycles. The van der Waals surface area contributed by atoms with Gasteiger partial charge in [0.2, 0.25) is 0 Å². The fourth-order valence-corrected chi connectivity index (χ4v) is 0.383. The molecular formula is C6H4N2-4. The van der Waals surface area contributed by atoms with E-state index >= 15 is 0 Å². The zero-order valence-electron chi connectivity index (χ0n) is 4.15. The van der Waals surface area contributed by atoms with E-state index in [-0.39, 0.29) is 5.69 Å². The van der Waals surface area contributed by atoms with E-state index in [4.69, 9.17) is 11.5 Å². The second-order valence-corrected chi connectivity index (χ2v) is 1.41. The Balaban J connectivity index is 3.03. The molecule has 2 nitrogen and oxygen atoms in total. The van der Waals surface area contributed by atoms with E-state index in [0.29, 0.717) is 5.69 Å². The van der Waals surface area contributed by atoms with Crippen LogP contribution in [0.1, 0.15) is 0 Å². The minimum absolute atomic E-state index is 0.209. The molecular weight excluding hydrogens is 100 g/mol. The van der Waals surface area contributed by atoms with Gasteiger partial charge in [-0.05, 0) is 0 Å². The van der Waals surface area contributed by atoms with Crippen LogP contribution in [0.5, 0.6) is 0 Å². The van der Waals surface area contributed by atoms with Crippen LogP contribution in [0.15, 0.2) is 12.1 Å². The topological polar surface area (TPSA) is 47.6 Å². The number of hydrogen-bond acceptors (Lipinski definition) is 0. The Morgan fingerprint density at radius 3 is 2.00 bits per heavy atom. The number of rotatable bonds is 0. The van der Waals surface area contributed by atoms with Crippen LogP contribution in [0.4, 0.5) is 11.4 Å². The van der Waals surface area contributed by atoms with Gasteiger partial charge in [0.1, 0.15) is 0 Å². The maximum absolute atomic E-state index is 6.95. The van der Waals surface area contributed by atoms with Crippen LogP contribution < -0.4 is 0 Å². The summed E-state index contributed by atoms with van der Waals surface area (Å²) in [5.74, 6) is 0. The van der Waals surface area contributed by atoms with Crippen molar-refractivity contribution < 1.29 is 0 Å². The number of hydrogen-bond donors (Lipinski definition) is 0. The van der Waals surface area contributed by atoms with Gasteiger partial charge in [-0.1, -0.05) is 0 Å². The quantitative estimate of drug-likeness (QED) is 0.454. The van der Waals surface area contributed by atoms with Crippen LogP contribution in [-0.2, 0) is 0 Å². The molecule has 0 aliphatic rings. The molecule has 0 aliphatic heterocycles. The molecule has 0 bridgehead atoms. The number of nitrogens with one attached hydrogen (secondary N) is 2. The third kappa shape index (κ3) is 0.904. The minimum atomic E-state index is 0.209. The van der Waals surface area contributed by atoms with Gasteiger partial charge in [0.05, 0.1) is 0 Å². The van der Waals surface area contributed by atoms with Gasteiger partial charge in [-0.25, -0.2) is 0 Å². The smallest absolute Gasteiger partial charge is 0.317 e. The summed E-state index contributed by atoms with van der Waals surface area (Å²) < 4.78 is 0. The highest BCUT2D eigenvalue weighted by Gasteiger charge is 1.44. The Hall–Kier alpha value is -1.18. The van der Waals surface area contributed by atoms with Crippen LogP contribution >= 0.6 is 0 Å². The van der Waals surface area contributed by atoms with Gasteiger partial charge in [0, 0.05) is 0 Å². The van der Waals surface area contributed by atoms with Crippen LogP contribution in [0.2, 0.25) is 0 Å². The third-order valence-corrected chi connectivity index (χ3v) is 0.744. The van der Waals surface area contributed by atoms with Gasteiger partial charge in [-0.3, -0.25) is 0 Å². The lowest BCUT2D eigenvalue weighted by molar-refractivity contribution is 1.72. The molecule has 0 amide bonds. The second kappa shape index (κ2) is 1.74. The standard InChI is InChI=1S/C6H4N2/c7-5-1-2-6(8)4-3-5/h1,3,7-8H/q-4. The van der Waals surface area contributed by atoms with Gasteiger partial charge in [-0.15, -0.1) is 0 Å². The molecule has 0 fully saturated rings. The summed E-state index contributed by atoms with van der Waals surface area (Å²) in [6.45, 7) is 0. The van der Waals surface area contributed by atoms with Crippen LogP contribution in [0.25, 0.3) is 11.5 Å². The van der Waals surface area contributed by atoms with Crippen molar-refractivity contribution in [1.29, 1.82) is 0 Å². The Bertz CT molecular complexity index is 145. The predicted octanol–water partition coefficient (Wildman–Crippen LogP) is 2.65. The molecule has 1 aromatic carbocycles. The summed E-state index contributed by atoms with van der Waals surface area (Å²) in [5.41, 5.74) is 14.4. The Kier molecular flexibility index (Phi) is 1.08. The maximum atomic E-state index is 6.95.